The molecule has 1 heteroatoms. The Morgan fingerprint density at radius 2 is 1.43 bits per heavy atom. The Balaban J connectivity index is 5.27. The Kier molecular flexibility index (Phi) is 11.0. The van der Waals surface area contributed by atoms with Gasteiger partial charge in [0.25, 0.3) is 0 Å². The van der Waals surface area contributed by atoms with E-state index in [0.717, 1.165) is 25.9 Å². The standard InChI is InChI=1S/C20H35N/c1-7-12-13-14-19(21(17-10-4)18-11-5)20(6,15-8-2)16-9-3/h8-11,19H,2-5,7,12-18H2,1,6H3. The van der Waals surface area contributed by atoms with Gasteiger partial charge >= 0.3 is 0 Å². The minimum atomic E-state index is 0.184. The van der Waals surface area contributed by atoms with E-state index in [2.05, 4.69) is 57.2 Å². The Morgan fingerprint density at radius 1 is 0.905 bits per heavy atom. The van der Waals surface area contributed by atoms with Crippen LogP contribution in [0.2, 0.25) is 0 Å². The molecule has 1 nitrogen and oxygen atoms in total. The highest BCUT2D eigenvalue weighted by Gasteiger charge is 2.34. The SMILES string of the molecule is C=CCN(CC=C)C(CCCCC)C(C)(CC=C)CC=C. The fourth-order valence-corrected chi connectivity index (χ4v) is 3.24. The van der Waals surface area contributed by atoms with Crippen LogP contribution in [0.4, 0.5) is 0 Å². The predicted octanol–water partition coefficient (Wildman–Crippen LogP) is 5.77. The summed E-state index contributed by atoms with van der Waals surface area (Å²) in [5, 5.41) is 0. The molecule has 0 heterocycles. The highest BCUT2D eigenvalue weighted by molar-refractivity contribution is 4.99. The predicted molar refractivity (Wildman–Crippen MR) is 97.6 cm³/mol. The van der Waals surface area contributed by atoms with Gasteiger partial charge in [0.05, 0.1) is 0 Å². The first-order valence-corrected chi connectivity index (χ1v) is 8.27. The summed E-state index contributed by atoms with van der Waals surface area (Å²) in [6.45, 7) is 22.2. The van der Waals surface area contributed by atoms with Gasteiger partial charge in [-0.2, -0.15) is 0 Å². The molecule has 0 aliphatic heterocycles. The largest absolute Gasteiger partial charge is 0.293 e. The van der Waals surface area contributed by atoms with E-state index in [1.54, 1.807) is 0 Å². The lowest BCUT2D eigenvalue weighted by atomic mass is 9.73. The number of hydrogen-bond donors (Lipinski definition) is 0. The number of hydrogen-bond acceptors (Lipinski definition) is 1. The van der Waals surface area contributed by atoms with E-state index < -0.39 is 0 Å². The second-order valence-electron chi connectivity index (χ2n) is 6.18. The zero-order valence-corrected chi connectivity index (χ0v) is 14.3. The van der Waals surface area contributed by atoms with E-state index in [0.29, 0.717) is 6.04 Å². The van der Waals surface area contributed by atoms with Crippen molar-refractivity contribution in [3.8, 4) is 0 Å². The molecule has 120 valence electrons. The molecule has 0 aliphatic rings. The molecule has 1 unspecified atom stereocenters. The topological polar surface area (TPSA) is 3.24 Å². The highest BCUT2D eigenvalue weighted by atomic mass is 15.2. The van der Waals surface area contributed by atoms with E-state index in [9.17, 15) is 0 Å². The molecule has 0 aromatic carbocycles. The number of rotatable bonds is 14. The quantitative estimate of drug-likeness (QED) is 0.290. The number of allylic oxidation sites excluding steroid dienone is 2. The van der Waals surface area contributed by atoms with Crippen LogP contribution in [0.1, 0.15) is 52.4 Å². The fourth-order valence-electron chi connectivity index (χ4n) is 3.24. The van der Waals surface area contributed by atoms with Crippen LogP contribution in [0.3, 0.4) is 0 Å². The lowest BCUT2D eigenvalue weighted by molar-refractivity contribution is 0.0871. The fraction of sp³-hybridized carbons (Fsp3) is 0.600. The van der Waals surface area contributed by atoms with Crippen LogP contribution in [0.5, 0.6) is 0 Å². The molecule has 21 heavy (non-hydrogen) atoms. The van der Waals surface area contributed by atoms with Crippen LogP contribution in [-0.4, -0.2) is 24.0 Å². The highest BCUT2D eigenvalue weighted by Crippen LogP contribution is 2.37. The van der Waals surface area contributed by atoms with Crippen LogP contribution in [0.15, 0.2) is 50.6 Å². The number of nitrogens with zero attached hydrogens (tertiary/aromatic N) is 1. The first-order valence-electron chi connectivity index (χ1n) is 8.27. The van der Waals surface area contributed by atoms with Crippen molar-refractivity contribution < 1.29 is 0 Å². The number of unbranched alkanes of at least 4 members (excludes halogenated alkanes) is 2. The van der Waals surface area contributed by atoms with E-state index >= 15 is 0 Å². The molecule has 0 saturated carbocycles. The van der Waals surface area contributed by atoms with Gasteiger partial charge in [0, 0.05) is 19.1 Å². The minimum absolute atomic E-state index is 0.184. The Labute approximate surface area is 133 Å². The first-order chi connectivity index (χ1) is 10.1. The van der Waals surface area contributed by atoms with Crippen molar-refractivity contribution >= 4 is 0 Å². The normalized spacial score (nSPS) is 12.9. The van der Waals surface area contributed by atoms with E-state index in [1.165, 1.54) is 25.7 Å². The molecule has 0 N–H and O–H groups in total. The monoisotopic (exact) mass is 289 g/mol. The zero-order valence-electron chi connectivity index (χ0n) is 14.3. The molecule has 0 aromatic rings. The van der Waals surface area contributed by atoms with Crippen LogP contribution >= 0.6 is 0 Å². The van der Waals surface area contributed by atoms with Gasteiger partial charge < -0.3 is 0 Å². The summed E-state index contributed by atoms with van der Waals surface area (Å²) in [5.74, 6) is 0. The van der Waals surface area contributed by atoms with Crippen molar-refractivity contribution in [1.29, 1.82) is 0 Å². The first kappa shape index (κ1) is 19.9. The average Bonchev–Trinajstić information content (AvgIpc) is 2.44. The molecule has 0 amide bonds. The lowest BCUT2D eigenvalue weighted by Gasteiger charge is -2.43. The maximum absolute atomic E-state index is 3.96. The van der Waals surface area contributed by atoms with Crippen LogP contribution in [0.25, 0.3) is 0 Å². The average molecular weight is 290 g/mol. The molecule has 0 bridgehead atoms. The minimum Gasteiger partial charge on any atom is -0.293 e. The summed E-state index contributed by atoms with van der Waals surface area (Å²) in [6, 6.07) is 0.510. The summed E-state index contributed by atoms with van der Waals surface area (Å²) < 4.78 is 0. The van der Waals surface area contributed by atoms with Crippen LogP contribution in [-0.2, 0) is 0 Å². The lowest BCUT2D eigenvalue weighted by Crippen LogP contribution is -2.46. The molecule has 0 fully saturated rings. The van der Waals surface area contributed by atoms with E-state index in [4.69, 9.17) is 0 Å². The van der Waals surface area contributed by atoms with Crippen molar-refractivity contribution in [2.45, 2.75) is 58.4 Å². The van der Waals surface area contributed by atoms with Crippen LogP contribution in [0, 0.1) is 5.41 Å². The van der Waals surface area contributed by atoms with Crippen molar-refractivity contribution in [1.82, 2.24) is 4.90 Å². The van der Waals surface area contributed by atoms with Crippen molar-refractivity contribution in [2.24, 2.45) is 5.41 Å². The molecule has 0 aliphatic carbocycles. The second-order valence-corrected chi connectivity index (χ2v) is 6.18. The summed E-state index contributed by atoms with van der Waals surface area (Å²) >= 11 is 0. The second kappa shape index (κ2) is 11.6. The van der Waals surface area contributed by atoms with E-state index in [1.807, 2.05) is 12.2 Å². The molecular weight excluding hydrogens is 254 g/mol. The smallest absolute Gasteiger partial charge is 0.0167 e. The molecule has 0 spiro atoms. The third-order valence-corrected chi connectivity index (χ3v) is 4.27. The zero-order chi connectivity index (χ0) is 16.1. The van der Waals surface area contributed by atoms with Gasteiger partial charge in [-0.15, -0.1) is 26.3 Å². The summed E-state index contributed by atoms with van der Waals surface area (Å²) in [5.41, 5.74) is 0.184. The maximum Gasteiger partial charge on any atom is 0.0167 e. The van der Waals surface area contributed by atoms with Crippen LogP contribution < -0.4 is 0 Å². The molecule has 0 radical (unpaired) electrons. The molecule has 0 rings (SSSR count). The Hall–Kier alpha value is -1.08. The third-order valence-electron chi connectivity index (χ3n) is 4.27. The summed E-state index contributed by atoms with van der Waals surface area (Å²) in [6.07, 6.45) is 15.2. The molecular formula is C20H35N. The summed E-state index contributed by atoms with van der Waals surface area (Å²) in [7, 11) is 0. The summed E-state index contributed by atoms with van der Waals surface area (Å²) in [4.78, 5) is 2.50. The van der Waals surface area contributed by atoms with E-state index in [-0.39, 0.29) is 5.41 Å². The van der Waals surface area contributed by atoms with Gasteiger partial charge in [0.15, 0.2) is 0 Å². The third kappa shape index (κ3) is 6.95. The van der Waals surface area contributed by atoms with Gasteiger partial charge in [0.2, 0.25) is 0 Å². The molecule has 1 atom stereocenters. The molecule has 0 saturated heterocycles. The van der Waals surface area contributed by atoms with Gasteiger partial charge in [-0.05, 0) is 24.7 Å². The van der Waals surface area contributed by atoms with Gasteiger partial charge in [-0.3, -0.25) is 4.90 Å². The Bertz CT molecular complexity index is 296. The van der Waals surface area contributed by atoms with Crippen molar-refractivity contribution in [3.63, 3.8) is 0 Å². The van der Waals surface area contributed by atoms with Gasteiger partial charge in [-0.1, -0.05) is 57.4 Å². The van der Waals surface area contributed by atoms with Gasteiger partial charge in [-0.25, -0.2) is 0 Å². The maximum atomic E-state index is 3.96. The van der Waals surface area contributed by atoms with Crippen molar-refractivity contribution in [3.05, 3.63) is 50.6 Å². The van der Waals surface area contributed by atoms with Crippen molar-refractivity contribution in [2.75, 3.05) is 13.1 Å². The molecule has 0 aromatic heterocycles. The Morgan fingerprint density at radius 3 is 1.81 bits per heavy atom. The van der Waals surface area contributed by atoms with Gasteiger partial charge in [0.1, 0.15) is 0 Å².